The van der Waals surface area contributed by atoms with Gasteiger partial charge in [-0.1, -0.05) is 64.4 Å². The van der Waals surface area contributed by atoms with Gasteiger partial charge in [0.2, 0.25) is 53.2 Å². The molecule has 1 saturated heterocycles. The van der Waals surface area contributed by atoms with Gasteiger partial charge in [0.25, 0.3) is 0 Å². The molecule has 0 saturated carbocycles. The third kappa shape index (κ3) is 22.9. The number of imidazole rings is 1. The number of nitrogens with two attached hydrogens (primary N) is 3. The molecular formula is C52H81N15O14S. The third-order valence-electron chi connectivity index (χ3n) is 13.3. The van der Waals surface area contributed by atoms with E-state index in [2.05, 4.69) is 64.8 Å². The molecule has 0 spiro atoms. The van der Waals surface area contributed by atoms with E-state index in [1.54, 1.807) is 58.0 Å². The first-order valence-corrected chi connectivity index (χ1v) is 27.6. The summed E-state index contributed by atoms with van der Waals surface area (Å²) < 4.78 is 0. The van der Waals surface area contributed by atoms with Crippen molar-refractivity contribution in [3.63, 3.8) is 0 Å². The quantitative estimate of drug-likeness (QED) is 0.0137. The number of aromatic nitrogens is 2. The summed E-state index contributed by atoms with van der Waals surface area (Å²) in [4.78, 5) is 161. The van der Waals surface area contributed by atoms with Crippen molar-refractivity contribution in [2.45, 2.75) is 159 Å². The molecule has 454 valence electrons. The minimum absolute atomic E-state index is 0.00778. The number of carbonyl (C=O) groups is 11. The fraction of sp³-hybridized carbons (Fsp3) is 0.596. The van der Waals surface area contributed by atoms with Gasteiger partial charge in [-0.15, -0.1) is 0 Å². The Labute approximate surface area is 480 Å². The first kappa shape index (κ1) is 68.4. The molecule has 1 aliphatic rings. The Balaban J connectivity index is 1.97. The van der Waals surface area contributed by atoms with E-state index in [0.717, 1.165) is 6.92 Å². The standard InChI is InChI=1S/C52H81N15O14S/c1-6-28(4)41(65-43(73)32(53)25-82)50(80)61-33(14-10-18-57-52(54)55)44(74)63-36(22-31-23-56-26-59-31)47(77)62-35(21-30-12-8-7-9-13-30)46(76)64-37(20-27(2)3)51(81)67-19-11-15-38(67)48(78)60-34(16-17-39(69)70)45(75)66-42(29(5)68)49(79)58-24-40(71)72/h7-9,12-13,23,26-29,32-38,41-42,68,82H,6,10-11,14-22,24-25,53H2,1-5H3,(H,56,59)(H,58,79)(H,60,78)(H,61,80)(H,62,77)(H,63,74)(H,64,76)(H,65,73)(H,66,75)(H,69,70)(H,71,72)(H4,54,55,57)/t28-,29+,32-,33-,34-,35-,36-,37-,38-,41-,42-/m0/s1. The molecule has 1 aromatic heterocycles. The van der Waals surface area contributed by atoms with Crippen LogP contribution in [0.4, 0.5) is 0 Å². The van der Waals surface area contributed by atoms with E-state index >= 15 is 0 Å². The number of guanidine groups is 1. The highest BCUT2D eigenvalue weighted by atomic mass is 32.1. The van der Waals surface area contributed by atoms with E-state index in [1.807, 2.05) is 5.32 Å². The van der Waals surface area contributed by atoms with Gasteiger partial charge in [-0.05, 0) is 62.8 Å². The number of aliphatic carboxylic acids is 2. The SMILES string of the molecule is CC[C@H](C)[C@H](NC(=O)[C@@H](N)CS)C(=O)N[C@@H](CCCN=C(N)N)C(=O)N[C@@H](Cc1cnc[nH]1)C(=O)N[C@@H](Cc1ccccc1)C(=O)N[C@@H](CC(C)C)C(=O)N1CCC[C@H]1C(=O)N[C@@H](CCC(=O)O)C(=O)N[C@H](C(=O)NCC(=O)O)[C@@H](C)O. The van der Waals surface area contributed by atoms with Crippen molar-refractivity contribution in [1.82, 2.24) is 57.4 Å². The van der Waals surface area contributed by atoms with Crippen LogP contribution in [0.2, 0.25) is 0 Å². The molecule has 0 radical (unpaired) electrons. The molecule has 9 amide bonds. The number of aromatic amines is 1. The highest BCUT2D eigenvalue weighted by Gasteiger charge is 2.41. The van der Waals surface area contributed by atoms with Crippen molar-refractivity contribution < 1.29 is 68.1 Å². The highest BCUT2D eigenvalue weighted by Crippen LogP contribution is 2.22. The van der Waals surface area contributed by atoms with Crippen LogP contribution in [0, 0.1) is 11.8 Å². The van der Waals surface area contributed by atoms with Crippen LogP contribution in [0.15, 0.2) is 47.8 Å². The maximum absolute atomic E-state index is 14.7. The van der Waals surface area contributed by atoms with Crippen LogP contribution in [0.5, 0.6) is 0 Å². The molecule has 3 rings (SSSR count). The fourth-order valence-corrected chi connectivity index (χ4v) is 8.88. The highest BCUT2D eigenvalue weighted by molar-refractivity contribution is 7.80. The number of hydrogen-bond acceptors (Lipinski definition) is 16. The normalized spacial score (nSPS) is 16.6. The third-order valence-corrected chi connectivity index (χ3v) is 13.7. The van der Waals surface area contributed by atoms with Crippen molar-refractivity contribution in [2.24, 2.45) is 34.0 Å². The Morgan fingerprint density at radius 1 is 0.744 bits per heavy atom. The van der Waals surface area contributed by atoms with Crippen LogP contribution in [0.1, 0.15) is 97.2 Å². The van der Waals surface area contributed by atoms with Crippen LogP contribution in [-0.2, 0) is 65.6 Å². The van der Waals surface area contributed by atoms with Gasteiger partial charge in [-0.3, -0.25) is 57.7 Å². The average molecular weight is 1170 g/mol. The molecule has 0 unspecified atom stereocenters. The van der Waals surface area contributed by atoms with E-state index < -0.39 is 151 Å². The lowest BCUT2D eigenvalue weighted by Gasteiger charge is -2.32. The Hall–Kier alpha value is -7.86. The molecule has 1 fully saturated rings. The number of aliphatic hydroxyl groups excluding tert-OH is 1. The Morgan fingerprint density at radius 2 is 1.33 bits per heavy atom. The van der Waals surface area contributed by atoms with E-state index in [9.17, 15) is 63.0 Å². The number of carbonyl (C=O) groups excluding carboxylic acids is 9. The number of benzene rings is 1. The molecule has 2 heterocycles. The lowest BCUT2D eigenvalue weighted by atomic mass is 9.97. The lowest BCUT2D eigenvalue weighted by Crippen LogP contribution is -2.61. The van der Waals surface area contributed by atoms with Gasteiger partial charge >= 0.3 is 11.9 Å². The zero-order valence-electron chi connectivity index (χ0n) is 46.7. The number of hydrogen-bond donors (Lipinski definition) is 16. The number of carboxylic acids is 2. The molecule has 30 heteroatoms. The van der Waals surface area contributed by atoms with Gasteiger partial charge in [0.05, 0.1) is 18.5 Å². The second-order valence-electron chi connectivity index (χ2n) is 20.5. The number of H-pyrrole nitrogens is 1. The molecule has 82 heavy (non-hydrogen) atoms. The predicted molar refractivity (Wildman–Crippen MR) is 301 cm³/mol. The second-order valence-corrected chi connectivity index (χ2v) is 20.8. The summed E-state index contributed by atoms with van der Waals surface area (Å²) in [5.74, 6) is -11.2. The van der Waals surface area contributed by atoms with E-state index in [-0.39, 0.29) is 69.2 Å². The topological polar surface area (TPSA) is 467 Å². The molecule has 1 aliphatic heterocycles. The largest absolute Gasteiger partial charge is 0.481 e. The van der Waals surface area contributed by atoms with Gasteiger partial charge in [-0.2, -0.15) is 12.6 Å². The van der Waals surface area contributed by atoms with Gasteiger partial charge in [0.15, 0.2) is 5.96 Å². The van der Waals surface area contributed by atoms with E-state index in [1.165, 1.54) is 17.4 Å². The van der Waals surface area contributed by atoms with Gasteiger partial charge in [0.1, 0.15) is 54.9 Å². The summed E-state index contributed by atoms with van der Waals surface area (Å²) in [7, 11) is 0. The monoisotopic (exact) mass is 1170 g/mol. The molecule has 2 aromatic rings. The first-order chi connectivity index (χ1) is 38.8. The Bertz CT molecular complexity index is 2520. The maximum atomic E-state index is 14.7. The predicted octanol–water partition coefficient (Wildman–Crippen LogP) is -3.57. The van der Waals surface area contributed by atoms with Crippen LogP contribution in [-0.4, -0.2) is 187 Å². The molecule has 0 bridgehead atoms. The van der Waals surface area contributed by atoms with Crippen LogP contribution in [0.3, 0.4) is 0 Å². The zero-order valence-corrected chi connectivity index (χ0v) is 47.6. The minimum atomic E-state index is -1.71. The van der Waals surface area contributed by atoms with Gasteiger partial charge in [-0.25, -0.2) is 4.98 Å². The fourth-order valence-electron chi connectivity index (χ4n) is 8.71. The number of thiol groups is 1. The summed E-state index contributed by atoms with van der Waals surface area (Å²) in [6.45, 7) is 7.50. The Kier molecular flexibility index (Phi) is 28.7. The van der Waals surface area contributed by atoms with Crippen molar-refractivity contribution >= 4 is 83.7 Å². The lowest BCUT2D eigenvalue weighted by molar-refractivity contribution is -0.143. The van der Waals surface area contributed by atoms with Gasteiger partial charge in [0, 0.05) is 50.0 Å². The number of likely N-dealkylation sites (tertiary alicyclic amines) is 1. The van der Waals surface area contributed by atoms with Crippen molar-refractivity contribution in [2.75, 3.05) is 25.4 Å². The number of nitrogens with zero attached hydrogens (tertiary/aromatic N) is 3. The molecule has 18 N–H and O–H groups in total. The molecular weight excluding hydrogens is 1090 g/mol. The number of rotatable bonds is 35. The van der Waals surface area contributed by atoms with Crippen LogP contribution >= 0.6 is 12.6 Å². The molecule has 0 aliphatic carbocycles. The number of nitrogens with one attached hydrogen (secondary N) is 9. The smallest absolute Gasteiger partial charge is 0.322 e. The first-order valence-electron chi connectivity index (χ1n) is 27.0. The molecule has 1 aromatic carbocycles. The number of aliphatic imine (C=N–C) groups is 1. The van der Waals surface area contributed by atoms with E-state index in [4.69, 9.17) is 22.3 Å². The summed E-state index contributed by atoms with van der Waals surface area (Å²) in [5.41, 5.74) is 17.9. The van der Waals surface area contributed by atoms with Crippen molar-refractivity contribution in [3.8, 4) is 0 Å². The van der Waals surface area contributed by atoms with E-state index in [0.29, 0.717) is 24.1 Å². The number of carboxylic acid groups (broad SMARTS) is 2. The van der Waals surface area contributed by atoms with Crippen LogP contribution < -0.4 is 59.7 Å². The van der Waals surface area contributed by atoms with Crippen LogP contribution in [0.25, 0.3) is 0 Å². The summed E-state index contributed by atoms with van der Waals surface area (Å²) >= 11 is 4.09. The van der Waals surface area contributed by atoms with Gasteiger partial charge < -0.3 is 84.9 Å². The average Bonchev–Trinajstić information content (AvgIpc) is 4.18. The number of aliphatic hydroxyl groups is 1. The Morgan fingerprint density at radius 3 is 1.89 bits per heavy atom. The van der Waals surface area contributed by atoms with Crippen molar-refractivity contribution in [3.05, 3.63) is 54.1 Å². The molecule has 11 atom stereocenters. The summed E-state index contributed by atoms with van der Waals surface area (Å²) in [6.07, 6.45) is 0.747. The number of amides is 9. The summed E-state index contributed by atoms with van der Waals surface area (Å²) in [6, 6.07) is -3.64. The molecule has 29 nitrogen and oxygen atoms in total. The maximum Gasteiger partial charge on any atom is 0.322 e. The second kappa shape index (κ2) is 34.4. The summed E-state index contributed by atoms with van der Waals surface area (Å²) in [5, 5.41) is 49.1. The van der Waals surface area contributed by atoms with Crippen molar-refractivity contribution in [1.29, 1.82) is 0 Å². The zero-order chi connectivity index (χ0) is 61.2. The minimum Gasteiger partial charge on any atom is -0.481 e.